The van der Waals surface area contributed by atoms with E-state index in [0.717, 1.165) is 11.3 Å². The van der Waals surface area contributed by atoms with Crippen molar-refractivity contribution in [1.29, 1.82) is 0 Å². The van der Waals surface area contributed by atoms with Crippen LogP contribution in [-0.4, -0.2) is 26.7 Å². The van der Waals surface area contributed by atoms with Crippen LogP contribution >= 0.6 is 0 Å². The average Bonchev–Trinajstić information content (AvgIpc) is 2.39. The maximum absolute atomic E-state index is 11.6. The van der Waals surface area contributed by atoms with Crippen LogP contribution in [0.15, 0.2) is 24.3 Å². The van der Waals surface area contributed by atoms with Crippen LogP contribution in [0.3, 0.4) is 0 Å². The monoisotopic (exact) mass is 265 g/mol. The first-order chi connectivity index (χ1) is 9.06. The van der Waals surface area contributed by atoms with Crippen molar-refractivity contribution in [3.8, 4) is 5.75 Å². The molecule has 1 atom stereocenters. The van der Waals surface area contributed by atoms with Gasteiger partial charge in [0.15, 0.2) is 0 Å². The van der Waals surface area contributed by atoms with Gasteiger partial charge >= 0.3 is 0 Å². The molecule has 0 radical (unpaired) electrons. The van der Waals surface area contributed by atoms with Crippen LogP contribution in [0.25, 0.3) is 0 Å². The van der Waals surface area contributed by atoms with Gasteiger partial charge in [-0.3, -0.25) is 4.79 Å². The molecule has 0 aliphatic carbocycles. The Morgan fingerprint density at radius 1 is 1.32 bits per heavy atom. The third-order valence-corrected chi connectivity index (χ3v) is 2.83. The Balaban J connectivity index is 2.60. The Morgan fingerprint density at radius 2 is 2.05 bits per heavy atom. The number of methoxy groups -OCH3 is 2. The Hall–Kier alpha value is -1.55. The predicted octanol–water partition coefficient (Wildman–Crippen LogP) is 2.55. The highest BCUT2D eigenvalue weighted by Crippen LogP contribution is 2.21. The minimum Gasteiger partial charge on any atom is -0.497 e. The summed E-state index contributed by atoms with van der Waals surface area (Å²) in [6.45, 7) is 4.51. The first kappa shape index (κ1) is 15.5. The summed E-state index contributed by atoms with van der Waals surface area (Å²) in [4.78, 5) is 11.6. The third kappa shape index (κ3) is 5.30. The van der Waals surface area contributed by atoms with E-state index in [4.69, 9.17) is 9.47 Å². The maximum atomic E-state index is 11.6. The van der Waals surface area contributed by atoms with Crippen molar-refractivity contribution in [2.75, 3.05) is 20.8 Å². The standard InChI is InChI=1S/C15H23NO3/c1-11(2)8-15(17)16-10-14(19-4)12-6-5-7-13(9-12)18-3/h5-7,9,11,14H,8,10H2,1-4H3,(H,16,17). The van der Waals surface area contributed by atoms with Gasteiger partial charge in [0.1, 0.15) is 5.75 Å². The van der Waals surface area contributed by atoms with Crippen molar-refractivity contribution in [3.63, 3.8) is 0 Å². The van der Waals surface area contributed by atoms with Crippen LogP contribution in [0.2, 0.25) is 0 Å². The largest absolute Gasteiger partial charge is 0.497 e. The number of benzene rings is 1. The average molecular weight is 265 g/mol. The minimum absolute atomic E-state index is 0.0555. The number of ether oxygens (including phenoxy) is 2. The molecule has 0 bridgehead atoms. The van der Waals surface area contributed by atoms with Crippen LogP contribution in [0, 0.1) is 5.92 Å². The van der Waals surface area contributed by atoms with Crippen molar-refractivity contribution >= 4 is 5.91 Å². The normalized spacial score (nSPS) is 12.3. The first-order valence-electron chi connectivity index (χ1n) is 6.50. The number of hydrogen-bond donors (Lipinski definition) is 1. The van der Waals surface area contributed by atoms with Crippen LogP contribution in [0.1, 0.15) is 31.9 Å². The molecule has 0 aliphatic heterocycles. The molecule has 4 nitrogen and oxygen atoms in total. The van der Waals surface area contributed by atoms with E-state index in [1.165, 1.54) is 0 Å². The fourth-order valence-electron chi connectivity index (χ4n) is 1.83. The second-order valence-corrected chi connectivity index (χ2v) is 4.90. The van der Waals surface area contributed by atoms with Gasteiger partial charge < -0.3 is 14.8 Å². The molecule has 0 spiro atoms. The van der Waals surface area contributed by atoms with E-state index in [0.29, 0.717) is 18.9 Å². The first-order valence-corrected chi connectivity index (χ1v) is 6.50. The smallest absolute Gasteiger partial charge is 0.220 e. The molecule has 4 heteroatoms. The van der Waals surface area contributed by atoms with E-state index < -0.39 is 0 Å². The fraction of sp³-hybridized carbons (Fsp3) is 0.533. The molecule has 1 rings (SSSR count). The van der Waals surface area contributed by atoms with Gasteiger partial charge in [-0.2, -0.15) is 0 Å². The molecule has 1 amide bonds. The van der Waals surface area contributed by atoms with Crippen molar-refractivity contribution < 1.29 is 14.3 Å². The van der Waals surface area contributed by atoms with Gasteiger partial charge in [-0.1, -0.05) is 26.0 Å². The molecule has 0 aromatic heterocycles. The van der Waals surface area contributed by atoms with Crippen LogP contribution in [0.4, 0.5) is 0 Å². The van der Waals surface area contributed by atoms with Gasteiger partial charge in [-0.15, -0.1) is 0 Å². The van der Waals surface area contributed by atoms with E-state index in [1.807, 2.05) is 38.1 Å². The maximum Gasteiger partial charge on any atom is 0.220 e. The molecule has 0 saturated heterocycles. The van der Waals surface area contributed by atoms with E-state index in [9.17, 15) is 4.79 Å². The fourth-order valence-corrected chi connectivity index (χ4v) is 1.83. The lowest BCUT2D eigenvalue weighted by Crippen LogP contribution is -2.29. The van der Waals surface area contributed by atoms with E-state index in [-0.39, 0.29) is 12.0 Å². The van der Waals surface area contributed by atoms with Crippen molar-refractivity contribution in [1.82, 2.24) is 5.32 Å². The summed E-state index contributed by atoms with van der Waals surface area (Å²) in [5.41, 5.74) is 0.992. The number of amides is 1. The topological polar surface area (TPSA) is 47.6 Å². The lowest BCUT2D eigenvalue weighted by molar-refractivity contribution is -0.122. The molecule has 1 unspecified atom stereocenters. The second-order valence-electron chi connectivity index (χ2n) is 4.90. The van der Waals surface area contributed by atoms with Crippen LogP contribution < -0.4 is 10.1 Å². The molecule has 19 heavy (non-hydrogen) atoms. The molecule has 1 aromatic carbocycles. The number of carbonyl (C=O) groups is 1. The predicted molar refractivity (Wildman–Crippen MR) is 75.2 cm³/mol. The highest BCUT2D eigenvalue weighted by Gasteiger charge is 2.13. The lowest BCUT2D eigenvalue weighted by Gasteiger charge is -2.17. The summed E-state index contributed by atoms with van der Waals surface area (Å²) in [7, 11) is 3.27. The van der Waals surface area contributed by atoms with Gasteiger partial charge in [0, 0.05) is 20.1 Å². The minimum atomic E-state index is -0.161. The number of nitrogens with one attached hydrogen (secondary N) is 1. The van der Waals surface area contributed by atoms with Gasteiger partial charge in [0.25, 0.3) is 0 Å². The number of hydrogen-bond acceptors (Lipinski definition) is 3. The van der Waals surface area contributed by atoms with E-state index in [2.05, 4.69) is 5.32 Å². The van der Waals surface area contributed by atoms with Gasteiger partial charge in [-0.05, 0) is 23.6 Å². The van der Waals surface area contributed by atoms with E-state index in [1.54, 1.807) is 14.2 Å². The highest BCUT2D eigenvalue weighted by atomic mass is 16.5. The Bertz CT molecular complexity index is 404. The quantitative estimate of drug-likeness (QED) is 0.824. The molecule has 0 aliphatic rings. The third-order valence-electron chi connectivity index (χ3n) is 2.83. The summed E-state index contributed by atoms with van der Waals surface area (Å²) < 4.78 is 10.6. The summed E-state index contributed by atoms with van der Waals surface area (Å²) in [6, 6.07) is 7.68. The molecule has 1 aromatic rings. The Labute approximate surface area is 115 Å². The lowest BCUT2D eigenvalue weighted by atomic mass is 10.1. The van der Waals surface area contributed by atoms with E-state index >= 15 is 0 Å². The molecular formula is C15H23NO3. The zero-order valence-corrected chi connectivity index (χ0v) is 12.1. The summed E-state index contributed by atoms with van der Waals surface area (Å²) in [5.74, 6) is 1.20. The van der Waals surface area contributed by atoms with Gasteiger partial charge in [-0.25, -0.2) is 0 Å². The Kier molecular flexibility index (Phi) is 6.36. The van der Waals surface area contributed by atoms with Gasteiger partial charge in [0.2, 0.25) is 5.91 Å². The van der Waals surface area contributed by atoms with Crippen molar-refractivity contribution in [3.05, 3.63) is 29.8 Å². The molecule has 0 saturated carbocycles. The summed E-state index contributed by atoms with van der Waals surface area (Å²) in [6.07, 6.45) is 0.375. The highest BCUT2D eigenvalue weighted by molar-refractivity contribution is 5.76. The van der Waals surface area contributed by atoms with Crippen molar-refractivity contribution in [2.45, 2.75) is 26.4 Å². The zero-order valence-electron chi connectivity index (χ0n) is 12.1. The van der Waals surface area contributed by atoms with Crippen molar-refractivity contribution in [2.24, 2.45) is 5.92 Å². The van der Waals surface area contributed by atoms with Crippen LogP contribution in [-0.2, 0) is 9.53 Å². The van der Waals surface area contributed by atoms with Crippen LogP contribution in [0.5, 0.6) is 5.75 Å². The molecular weight excluding hydrogens is 242 g/mol. The zero-order chi connectivity index (χ0) is 14.3. The second kappa shape index (κ2) is 7.79. The Morgan fingerprint density at radius 3 is 2.63 bits per heavy atom. The van der Waals surface area contributed by atoms with Gasteiger partial charge in [0.05, 0.1) is 13.2 Å². The SMILES string of the molecule is COc1cccc(C(CNC(=O)CC(C)C)OC)c1. The summed E-state index contributed by atoms with van der Waals surface area (Å²) >= 11 is 0. The molecule has 106 valence electrons. The number of rotatable bonds is 7. The number of carbonyl (C=O) groups excluding carboxylic acids is 1. The molecule has 0 heterocycles. The molecule has 0 fully saturated rings. The molecule has 1 N–H and O–H groups in total. The summed E-state index contributed by atoms with van der Waals surface area (Å²) in [5, 5.41) is 2.90.